The van der Waals surface area contributed by atoms with Crippen molar-refractivity contribution in [1.29, 1.82) is 0 Å². The highest BCUT2D eigenvalue weighted by atomic mass is 32.1. The van der Waals surface area contributed by atoms with Crippen molar-refractivity contribution in [2.75, 3.05) is 53.1 Å². The van der Waals surface area contributed by atoms with Crippen LogP contribution in [-0.4, -0.2) is 69.2 Å². The van der Waals surface area contributed by atoms with Crippen LogP contribution in [0.3, 0.4) is 0 Å². The van der Waals surface area contributed by atoms with Crippen molar-refractivity contribution in [3.05, 3.63) is 46.2 Å². The molecule has 0 spiro atoms. The number of benzene rings is 1. The first kappa shape index (κ1) is 21.1. The van der Waals surface area contributed by atoms with Crippen LogP contribution in [-0.2, 0) is 17.7 Å². The first-order valence-electron chi connectivity index (χ1n) is 9.75. The topological polar surface area (TPSA) is 63.2 Å². The Morgan fingerprint density at radius 2 is 2.11 bits per heavy atom. The molecule has 2 heterocycles. The molecule has 28 heavy (non-hydrogen) atoms. The van der Waals surface area contributed by atoms with Gasteiger partial charge in [0.2, 0.25) is 0 Å². The van der Waals surface area contributed by atoms with E-state index < -0.39 is 6.10 Å². The van der Waals surface area contributed by atoms with E-state index in [4.69, 9.17) is 14.2 Å². The fourth-order valence-electron chi connectivity index (χ4n) is 3.16. The van der Waals surface area contributed by atoms with Crippen LogP contribution >= 0.6 is 11.3 Å². The zero-order valence-electron chi connectivity index (χ0n) is 16.4. The van der Waals surface area contributed by atoms with Crippen molar-refractivity contribution in [3.63, 3.8) is 0 Å². The van der Waals surface area contributed by atoms with Crippen molar-refractivity contribution >= 4 is 11.3 Å². The average molecular weight is 407 g/mol. The lowest BCUT2D eigenvalue weighted by molar-refractivity contribution is 0.00445. The molecular formula is C21H30N2O4S. The molecular weight excluding hydrogens is 376 g/mol. The van der Waals surface area contributed by atoms with Crippen molar-refractivity contribution in [2.24, 2.45) is 0 Å². The molecule has 1 saturated heterocycles. The average Bonchev–Trinajstić information content (AvgIpc) is 3.24. The summed E-state index contributed by atoms with van der Waals surface area (Å²) in [4.78, 5) is 3.59. The fraction of sp³-hybridized carbons (Fsp3) is 0.524. The number of rotatable bonds is 11. The minimum Gasteiger partial charge on any atom is -0.493 e. The molecule has 1 unspecified atom stereocenters. The highest BCUT2D eigenvalue weighted by Gasteiger charge is 2.16. The Morgan fingerprint density at radius 3 is 2.86 bits per heavy atom. The van der Waals surface area contributed by atoms with E-state index in [0.717, 1.165) is 51.4 Å². The summed E-state index contributed by atoms with van der Waals surface area (Å²) >= 11 is 1.79. The smallest absolute Gasteiger partial charge is 0.161 e. The van der Waals surface area contributed by atoms with Crippen molar-refractivity contribution < 1.29 is 19.3 Å². The standard InChI is InChI=1S/C21H30N2O4S/c1-25-21-13-17(14-22-7-6-19-3-2-12-28-19)4-5-20(21)27-16-18(24)15-23-8-10-26-11-9-23/h2-5,12-13,18,22,24H,6-11,14-16H2,1H3. The van der Waals surface area contributed by atoms with Gasteiger partial charge in [-0.1, -0.05) is 12.1 Å². The lowest BCUT2D eigenvalue weighted by Gasteiger charge is -2.28. The Kier molecular flexibility index (Phi) is 8.57. The summed E-state index contributed by atoms with van der Waals surface area (Å²) in [6.45, 7) is 5.72. The molecule has 2 aromatic rings. The maximum atomic E-state index is 10.2. The minimum atomic E-state index is -0.540. The monoisotopic (exact) mass is 406 g/mol. The van der Waals surface area contributed by atoms with Gasteiger partial charge in [0.05, 0.1) is 20.3 Å². The molecule has 3 rings (SSSR count). The molecule has 1 aromatic heterocycles. The quantitative estimate of drug-likeness (QED) is 0.558. The van der Waals surface area contributed by atoms with E-state index in [1.54, 1.807) is 18.4 Å². The molecule has 0 bridgehead atoms. The Balaban J connectivity index is 1.42. The molecule has 1 aliphatic heterocycles. The summed E-state index contributed by atoms with van der Waals surface area (Å²) in [5, 5.41) is 15.8. The largest absolute Gasteiger partial charge is 0.493 e. The summed E-state index contributed by atoms with van der Waals surface area (Å²) in [5.74, 6) is 1.35. The van der Waals surface area contributed by atoms with Gasteiger partial charge in [-0.15, -0.1) is 11.3 Å². The van der Waals surface area contributed by atoms with Crippen LogP contribution in [0.5, 0.6) is 11.5 Å². The fourth-order valence-corrected chi connectivity index (χ4v) is 3.87. The van der Waals surface area contributed by atoms with Crippen molar-refractivity contribution in [1.82, 2.24) is 10.2 Å². The van der Waals surface area contributed by atoms with E-state index in [9.17, 15) is 5.11 Å². The third-order valence-corrected chi connectivity index (χ3v) is 5.63. The Labute approximate surface area is 171 Å². The Bertz CT molecular complexity index is 690. The number of thiophene rings is 1. The zero-order chi connectivity index (χ0) is 19.6. The van der Waals surface area contributed by atoms with E-state index in [1.165, 1.54) is 4.88 Å². The highest BCUT2D eigenvalue weighted by Crippen LogP contribution is 2.28. The summed E-state index contributed by atoms with van der Waals surface area (Å²) < 4.78 is 16.6. The van der Waals surface area contributed by atoms with Gasteiger partial charge >= 0.3 is 0 Å². The maximum absolute atomic E-state index is 10.2. The van der Waals surface area contributed by atoms with Gasteiger partial charge in [-0.25, -0.2) is 0 Å². The van der Waals surface area contributed by atoms with Gasteiger partial charge in [-0.3, -0.25) is 4.90 Å². The zero-order valence-corrected chi connectivity index (χ0v) is 17.2. The van der Waals surface area contributed by atoms with Crippen LogP contribution in [0.2, 0.25) is 0 Å². The van der Waals surface area contributed by atoms with Gasteiger partial charge in [-0.2, -0.15) is 0 Å². The van der Waals surface area contributed by atoms with Crippen molar-refractivity contribution in [3.8, 4) is 11.5 Å². The third kappa shape index (κ3) is 6.76. The summed E-state index contributed by atoms with van der Waals surface area (Å²) in [5.41, 5.74) is 1.14. The molecule has 1 aliphatic rings. The summed E-state index contributed by atoms with van der Waals surface area (Å²) in [7, 11) is 1.64. The number of aliphatic hydroxyl groups is 1. The number of methoxy groups -OCH3 is 1. The van der Waals surface area contributed by atoms with Gasteiger partial charge < -0.3 is 24.6 Å². The summed E-state index contributed by atoms with van der Waals surface area (Å²) in [6, 6.07) is 10.2. The van der Waals surface area contributed by atoms with Crippen LogP contribution in [0, 0.1) is 0 Å². The molecule has 1 fully saturated rings. The second-order valence-corrected chi connectivity index (χ2v) is 7.90. The first-order valence-corrected chi connectivity index (χ1v) is 10.6. The Morgan fingerprint density at radius 1 is 1.25 bits per heavy atom. The van der Waals surface area contributed by atoms with E-state index in [0.29, 0.717) is 18.0 Å². The second-order valence-electron chi connectivity index (χ2n) is 6.87. The molecule has 154 valence electrons. The second kappa shape index (κ2) is 11.4. The highest BCUT2D eigenvalue weighted by molar-refractivity contribution is 7.09. The number of hydrogen-bond donors (Lipinski definition) is 2. The van der Waals surface area contributed by atoms with Gasteiger partial charge in [-0.05, 0) is 35.6 Å². The van der Waals surface area contributed by atoms with Crippen molar-refractivity contribution in [2.45, 2.75) is 19.1 Å². The normalized spacial score (nSPS) is 16.1. The number of hydrogen-bond acceptors (Lipinski definition) is 7. The van der Waals surface area contributed by atoms with Crippen LogP contribution in [0.1, 0.15) is 10.4 Å². The van der Waals surface area contributed by atoms with Gasteiger partial charge in [0, 0.05) is 37.6 Å². The van der Waals surface area contributed by atoms with E-state index >= 15 is 0 Å². The SMILES string of the molecule is COc1cc(CNCCc2cccs2)ccc1OCC(O)CN1CCOCC1. The molecule has 0 saturated carbocycles. The van der Waals surface area contributed by atoms with E-state index in [1.807, 2.05) is 18.2 Å². The lowest BCUT2D eigenvalue weighted by Crippen LogP contribution is -2.42. The number of nitrogens with one attached hydrogen (secondary N) is 1. The van der Waals surface area contributed by atoms with E-state index in [-0.39, 0.29) is 6.61 Å². The number of ether oxygens (including phenoxy) is 3. The summed E-state index contributed by atoms with van der Waals surface area (Å²) in [6.07, 6.45) is 0.498. The third-order valence-electron chi connectivity index (χ3n) is 4.69. The van der Waals surface area contributed by atoms with Gasteiger partial charge in [0.25, 0.3) is 0 Å². The maximum Gasteiger partial charge on any atom is 0.161 e. The first-order chi connectivity index (χ1) is 13.7. The molecule has 1 atom stereocenters. The van der Waals surface area contributed by atoms with E-state index in [2.05, 4.69) is 27.7 Å². The number of aliphatic hydroxyl groups excluding tert-OH is 1. The predicted molar refractivity (Wildman–Crippen MR) is 111 cm³/mol. The number of morpholine rings is 1. The molecule has 6 nitrogen and oxygen atoms in total. The molecule has 7 heteroatoms. The molecule has 1 aromatic carbocycles. The molecule has 2 N–H and O–H groups in total. The minimum absolute atomic E-state index is 0.242. The Hall–Kier alpha value is -1.64. The molecule has 0 aliphatic carbocycles. The molecule has 0 radical (unpaired) electrons. The van der Waals surface area contributed by atoms with Crippen LogP contribution in [0.4, 0.5) is 0 Å². The van der Waals surface area contributed by atoms with Crippen LogP contribution < -0.4 is 14.8 Å². The van der Waals surface area contributed by atoms with Crippen LogP contribution in [0.15, 0.2) is 35.7 Å². The number of nitrogens with zero attached hydrogens (tertiary/aromatic N) is 1. The van der Waals surface area contributed by atoms with Gasteiger partial charge in [0.15, 0.2) is 11.5 Å². The van der Waals surface area contributed by atoms with Gasteiger partial charge in [0.1, 0.15) is 12.7 Å². The number of β-amino-alcohol motifs (C(OH)–C–C–N with tert-alkyl or cyclic N) is 1. The van der Waals surface area contributed by atoms with Crippen LogP contribution in [0.25, 0.3) is 0 Å². The predicted octanol–water partition coefficient (Wildman–Crippen LogP) is 2.16. The molecule has 0 amide bonds. The lowest BCUT2D eigenvalue weighted by atomic mass is 10.2.